The fourth-order valence-corrected chi connectivity index (χ4v) is 1.42. The second-order valence-corrected chi connectivity index (χ2v) is 3.37. The third-order valence-corrected chi connectivity index (χ3v) is 2.27. The van der Waals surface area contributed by atoms with Crippen LogP contribution in [-0.4, -0.2) is 11.6 Å². The van der Waals surface area contributed by atoms with Gasteiger partial charge in [-0.3, -0.25) is 9.59 Å². The normalized spacial score (nSPS) is 18.5. The van der Waals surface area contributed by atoms with Gasteiger partial charge in [0, 0.05) is 6.42 Å². The molecule has 1 aliphatic rings. The maximum Gasteiger partial charge on any atom is 0.158 e. The molecule has 0 saturated carbocycles. The maximum absolute atomic E-state index is 11.3. The van der Waals surface area contributed by atoms with Crippen LogP contribution in [0.25, 0.3) is 0 Å². The van der Waals surface area contributed by atoms with Crippen LogP contribution in [0.2, 0.25) is 0 Å². The highest BCUT2D eigenvalue weighted by Crippen LogP contribution is 2.22. The first-order valence-electron chi connectivity index (χ1n) is 4.53. The minimum Gasteiger partial charge on any atom is -0.295 e. The fourth-order valence-electron chi connectivity index (χ4n) is 1.42. The van der Waals surface area contributed by atoms with Crippen molar-refractivity contribution in [3.8, 4) is 0 Å². The predicted molar refractivity (Wildman–Crippen MR) is 51.4 cm³/mol. The Labute approximate surface area is 78.3 Å². The van der Waals surface area contributed by atoms with Gasteiger partial charge in [0.1, 0.15) is 0 Å². The average molecular weight is 178 g/mol. The van der Waals surface area contributed by atoms with E-state index in [0.29, 0.717) is 6.42 Å². The van der Waals surface area contributed by atoms with Crippen molar-refractivity contribution in [1.82, 2.24) is 0 Å². The van der Waals surface area contributed by atoms with Gasteiger partial charge in [-0.1, -0.05) is 6.08 Å². The predicted octanol–water partition coefficient (Wildman–Crippen LogP) is 2.20. The zero-order valence-corrected chi connectivity index (χ0v) is 8.09. The number of carbonyl (C=O) groups excluding carboxylic acids is 2. The summed E-state index contributed by atoms with van der Waals surface area (Å²) in [4.78, 5) is 22.0. The van der Waals surface area contributed by atoms with E-state index in [1.54, 1.807) is 6.08 Å². The molecule has 13 heavy (non-hydrogen) atoms. The van der Waals surface area contributed by atoms with Crippen molar-refractivity contribution in [2.45, 2.75) is 33.1 Å². The highest BCUT2D eigenvalue weighted by atomic mass is 16.1. The van der Waals surface area contributed by atoms with E-state index in [9.17, 15) is 9.59 Å². The summed E-state index contributed by atoms with van der Waals surface area (Å²) in [5, 5.41) is 0. The van der Waals surface area contributed by atoms with Gasteiger partial charge in [0.25, 0.3) is 0 Å². The first-order chi connectivity index (χ1) is 6.11. The summed E-state index contributed by atoms with van der Waals surface area (Å²) in [6.45, 7) is 3.35. The molecule has 0 saturated heterocycles. The number of Topliss-reactive ketones (excluding diaryl/α,β-unsaturated/α-hetero) is 1. The van der Waals surface area contributed by atoms with Crippen molar-refractivity contribution in [2.75, 3.05) is 0 Å². The monoisotopic (exact) mass is 178 g/mol. The molecule has 1 aliphatic carbocycles. The largest absolute Gasteiger partial charge is 0.295 e. The van der Waals surface area contributed by atoms with Crippen molar-refractivity contribution in [2.24, 2.45) is 0 Å². The summed E-state index contributed by atoms with van der Waals surface area (Å²) in [6.07, 6.45) is 5.78. The van der Waals surface area contributed by atoms with Gasteiger partial charge in [-0.05, 0) is 43.9 Å². The molecular formula is C11H14O2. The van der Waals surface area contributed by atoms with E-state index in [-0.39, 0.29) is 11.6 Å². The first kappa shape index (κ1) is 9.90. The minimum atomic E-state index is 0.0262. The van der Waals surface area contributed by atoms with E-state index in [1.165, 1.54) is 13.0 Å². The van der Waals surface area contributed by atoms with Crippen molar-refractivity contribution < 1.29 is 9.59 Å². The maximum atomic E-state index is 11.3. The van der Waals surface area contributed by atoms with Gasteiger partial charge < -0.3 is 0 Å². The zero-order valence-electron chi connectivity index (χ0n) is 8.09. The van der Waals surface area contributed by atoms with Crippen molar-refractivity contribution in [1.29, 1.82) is 0 Å². The summed E-state index contributed by atoms with van der Waals surface area (Å²) >= 11 is 0. The quantitative estimate of drug-likeness (QED) is 0.607. The Morgan fingerprint density at radius 1 is 1.38 bits per heavy atom. The molecule has 1 rings (SSSR count). The topological polar surface area (TPSA) is 34.1 Å². The SMILES string of the molecule is CC(=O)/C=C/C1=C(C)C(=O)CCC1. The lowest BCUT2D eigenvalue weighted by atomic mass is 9.91. The summed E-state index contributed by atoms with van der Waals surface area (Å²) in [7, 11) is 0. The van der Waals surface area contributed by atoms with Gasteiger partial charge in [0.15, 0.2) is 11.6 Å². The molecule has 0 aromatic carbocycles. The molecule has 0 unspecified atom stereocenters. The molecule has 0 fully saturated rings. The lowest BCUT2D eigenvalue weighted by Crippen LogP contribution is -2.08. The van der Waals surface area contributed by atoms with Gasteiger partial charge in [0.2, 0.25) is 0 Å². The van der Waals surface area contributed by atoms with E-state index < -0.39 is 0 Å². The van der Waals surface area contributed by atoms with Crippen LogP contribution in [0.15, 0.2) is 23.3 Å². The van der Waals surface area contributed by atoms with Crippen LogP contribution in [0.4, 0.5) is 0 Å². The third kappa shape index (κ3) is 2.65. The highest BCUT2D eigenvalue weighted by molar-refractivity contribution is 5.97. The summed E-state index contributed by atoms with van der Waals surface area (Å²) in [5.41, 5.74) is 1.84. The van der Waals surface area contributed by atoms with E-state index >= 15 is 0 Å². The highest BCUT2D eigenvalue weighted by Gasteiger charge is 2.14. The lowest BCUT2D eigenvalue weighted by molar-refractivity contribution is -0.116. The van der Waals surface area contributed by atoms with Crippen LogP contribution in [0.1, 0.15) is 33.1 Å². The van der Waals surface area contributed by atoms with E-state index in [1.807, 2.05) is 6.92 Å². The van der Waals surface area contributed by atoms with Crippen LogP contribution in [0.3, 0.4) is 0 Å². The number of hydrogen-bond acceptors (Lipinski definition) is 2. The third-order valence-electron chi connectivity index (χ3n) is 2.27. The smallest absolute Gasteiger partial charge is 0.158 e. The minimum absolute atomic E-state index is 0.0262. The Balaban J connectivity index is 2.83. The van der Waals surface area contributed by atoms with Gasteiger partial charge in [-0.25, -0.2) is 0 Å². The van der Waals surface area contributed by atoms with E-state index in [0.717, 1.165) is 24.0 Å². The van der Waals surface area contributed by atoms with Gasteiger partial charge in [-0.15, -0.1) is 0 Å². The zero-order chi connectivity index (χ0) is 9.84. The summed E-state index contributed by atoms with van der Waals surface area (Å²) in [6, 6.07) is 0. The molecule has 0 bridgehead atoms. The molecule has 0 N–H and O–H groups in total. The number of allylic oxidation sites excluding steroid dienone is 4. The molecule has 0 atom stereocenters. The number of ketones is 2. The van der Waals surface area contributed by atoms with Gasteiger partial charge in [-0.2, -0.15) is 0 Å². The Morgan fingerprint density at radius 3 is 2.69 bits per heavy atom. The lowest BCUT2D eigenvalue weighted by Gasteiger charge is -2.13. The number of carbonyl (C=O) groups is 2. The van der Waals surface area contributed by atoms with E-state index in [4.69, 9.17) is 0 Å². The summed E-state index contributed by atoms with van der Waals surface area (Å²) < 4.78 is 0. The molecule has 0 spiro atoms. The number of rotatable bonds is 2. The van der Waals surface area contributed by atoms with Crippen LogP contribution < -0.4 is 0 Å². The van der Waals surface area contributed by atoms with Crippen molar-refractivity contribution >= 4 is 11.6 Å². The fraction of sp³-hybridized carbons (Fsp3) is 0.455. The van der Waals surface area contributed by atoms with Crippen LogP contribution in [-0.2, 0) is 9.59 Å². The second kappa shape index (κ2) is 4.17. The second-order valence-electron chi connectivity index (χ2n) is 3.37. The standard InChI is InChI=1S/C11H14O2/c1-8(12)6-7-10-4-3-5-11(13)9(10)2/h6-7H,3-5H2,1-2H3/b7-6+. The van der Waals surface area contributed by atoms with Crippen LogP contribution in [0, 0.1) is 0 Å². The van der Waals surface area contributed by atoms with Crippen molar-refractivity contribution in [3.05, 3.63) is 23.3 Å². The number of hydrogen-bond donors (Lipinski definition) is 0. The van der Waals surface area contributed by atoms with Crippen LogP contribution >= 0.6 is 0 Å². The molecule has 0 aromatic rings. The Hall–Kier alpha value is -1.18. The molecule has 2 nitrogen and oxygen atoms in total. The average Bonchev–Trinajstić information content (AvgIpc) is 2.07. The van der Waals surface area contributed by atoms with E-state index in [2.05, 4.69) is 0 Å². The Bertz CT molecular complexity index is 295. The molecular weight excluding hydrogens is 164 g/mol. The van der Waals surface area contributed by atoms with Crippen LogP contribution in [0.5, 0.6) is 0 Å². The molecule has 2 heteroatoms. The Kier molecular flexibility index (Phi) is 3.18. The van der Waals surface area contributed by atoms with Gasteiger partial charge >= 0.3 is 0 Å². The molecule has 70 valence electrons. The molecule has 0 radical (unpaired) electrons. The molecule has 0 amide bonds. The summed E-state index contributed by atoms with van der Waals surface area (Å²) in [5.74, 6) is 0.243. The molecule has 0 heterocycles. The molecule has 0 aliphatic heterocycles. The Morgan fingerprint density at radius 2 is 2.08 bits per heavy atom. The van der Waals surface area contributed by atoms with Crippen molar-refractivity contribution in [3.63, 3.8) is 0 Å². The van der Waals surface area contributed by atoms with Gasteiger partial charge in [0.05, 0.1) is 0 Å². The first-order valence-corrected chi connectivity index (χ1v) is 4.53. The molecule has 0 aromatic heterocycles.